The Kier molecular flexibility index (Phi) is 5.89. The van der Waals surface area contributed by atoms with Gasteiger partial charge in [-0.3, -0.25) is 4.79 Å². The van der Waals surface area contributed by atoms with Crippen molar-refractivity contribution in [2.75, 3.05) is 13.1 Å². The van der Waals surface area contributed by atoms with Crippen LogP contribution in [-0.4, -0.2) is 30.1 Å². The average Bonchev–Trinajstić information content (AvgIpc) is 3.29. The zero-order valence-corrected chi connectivity index (χ0v) is 20.1. The van der Waals surface area contributed by atoms with E-state index < -0.39 is 12.1 Å². The molecule has 1 heterocycles. The van der Waals surface area contributed by atoms with E-state index in [1.807, 2.05) is 0 Å². The second kappa shape index (κ2) is 8.18. The third kappa shape index (κ3) is 3.72. The number of hydrogen-bond acceptors (Lipinski definition) is 1. The van der Waals surface area contributed by atoms with Gasteiger partial charge in [-0.25, -0.2) is 0 Å². The first-order valence-corrected chi connectivity index (χ1v) is 13.5. The highest BCUT2D eigenvalue weighted by Gasteiger charge is 2.61. The van der Waals surface area contributed by atoms with E-state index in [0.29, 0.717) is 30.1 Å². The Morgan fingerprint density at radius 2 is 1.72 bits per heavy atom. The van der Waals surface area contributed by atoms with Gasteiger partial charge in [-0.1, -0.05) is 13.8 Å². The maximum absolute atomic E-state index is 13.4. The first-order valence-electron chi connectivity index (χ1n) is 13.5. The molecular weight excluding hydrogens is 411 g/mol. The molecule has 8 atom stereocenters. The average molecular weight is 454 g/mol. The SMILES string of the molecule is CC12CCC3C(CCC4CC(C(F)(F)F)CCC43C)C1CCC2CCCN1CCCC1=O. The van der Waals surface area contributed by atoms with Crippen molar-refractivity contribution in [3.63, 3.8) is 0 Å². The van der Waals surface area contributed by atoms with Gasteiger partial charge >= 0.3 is 6.18 Å². The van der Waals surface area contributed by atoms with Gasteiger partial charge in [0.25, 0.3) is 0 Å². The number of halogens is 3. The molecule has 0 bridgehead atoms. The molecule has 8 unspecified atom stereocenters. The van der Waals surface area contributed by atoms with Gasteiger partial charge in [-0.15, -0.1) is 0 Å². The van der Waals surface area contributed by atoms with Crippen LogP contribution in [0.3, 0.4) is 0 Å². The molecule has 5 heteroatoms. The van der Waals surface area contributed by atoms with Crippen LogP contribution in [0.15, 0.2) is 0 Å². The van der Waals surface area contributed by atoms with Crippen LogP contribution in [0.2, 0.25) is 0 Å². The first-order chi connectivity index (χ1) is 15.1. The van der Waals surface area contributed by atoms with Crippen LogP contribution < -0.4 is 0 Å². The number of nitrogens with zero attached hydrogens (tertiary/aromatic N) is 1. The van der Waals surface area contributed by atoms with E-state index in [-0.39, 0.29) is 11.3 Å². The predicted octanol–water partition coefficient (Wildman–Crippen LogP) is 7.23. The summed E-state index contributed by atoms with van der Waals surface area (Å²) in [6.45, 7) is 6.79. The van der Waals surface area contributed by atoms with Crippen LogP contribution in [-0.2, 0) is 4.79 Å². The summed E-state index contributed by atoms with van der Waals surface area (Å²) in [6.07, 6.45) is 8.90. The summed E-state index contributed by atoms with van der Waals surface area (Å²) in [5.41, 5.74) is 0.531. The van der Waals surface area contributed by atoms with Gasteiger partial charge in [0.2, 0.25) is 5.91 Å². The fraction of sp³-hybridized carbons (Fsp3) is 0.963. The Bertz CT molecular complexity index is 722. The van der Waals surface area contributed by atoms with Crippen molar-refractivity contribution in [2.24, 2.45) is 46.3 Å². The molecule has 5 aliphatic rings. The van der Waals surface area contributed by atoms with E-state index in [9.17, 15) is 18.0 Å². The first kappa shape index (κ1) is 23.0. The molecule has 1 saturated heterocycles. The Morgan fingerprint density at radius 1 is 0.969 bits per heavy atom. The van der Waals surface area contributed by atoms with Crippen molar-refractivity contribution < 1.29 is 18.0 Å². The molecule has 4 saturated carbocycles. The zero-order valence-electron chi connectivity index (χ0n) is 20.1. The lowest BCUT2D eigenvalue weighted by atomic mass is 9.44. The van der Waals surface area contributed by atoms with Crippen molar-refractivity contribution in [3.05, 3.63) is 0 Å². The number of carbonyl (C=O) groups excluding carboxylic acids is 1. The van der Waals surface area contributed by atoms with Gasteiger partial charge in [0.05, 0.1) is 5.92 Å². The predicted molar refractivity (Wildman–Crippen MR) is 120 cm³/mol. The van der Waals surface area contributed by atoms with Crippen LogP contribution in [0.1, 0.15) is 97.3 Å². The van der Waals surface area contributed by atoms with Crippen LogP contribution >= 0.6 is 0 Å². The van der Waals surface area contributed by atoms with Gasteiger partial charge < -0.3 is 4.90 Å². The maximum atomic E-state index is 13.4. The largest absolute Gasteiger partial charge is 0.391 e. The van der Waals surface area contributed by atoms with E-state index >= 15 is 0 Å². The lowest BCUT2D eigenvalue weighted by molar-refractivity contribution is -0.208. The van der Waals surface area contributed by atoms with Crippen molar-refractivity contribution in [2.45, 2.75) is 103 Å². The minimum Gasteiger partial charge on any atom is -0.343 e. The number of likely N-dealkylation sites (tertiary alicyclic amines) is 1. The van der Waals surface area contributed by atoms with E-state index in [1.165, 1.54) is 32.1 Å². The summed E-state index contributed by atoms with van der Waals surface area (Å²) in [5, 5.41) is 0. The molecule has 182 valence electrons. The van der Waals surface area contributed by atoms with Gasteiger partial charge in [-0.2, -0.15) is 13.2 Å². The lowest BCUT2D eigenvalue weighted by Gasteiger charge is -2.61. The zero-order chi connectivity index (χ0) is 22.7. The van der Waals surface area contributed by atoms with Crippen molar-refractivity contribution >= 4 is 5.91 Å². The number of fused-ring (bicyclic) bond motifs is 5. The van der Waals surface area contributed by atoms with Crippen LogP contribution in [0.5, 0.6) is 0 Å². The molecule has 0 aromatic rings. The molecule has 0 spiro atoms. The van der Waals surface area contributed by atoms with Crippen molar-refractivity contribution in [1.29, 1.82) is 0 Å². The molecule has 0 N–H and O–H groups in total. The second-order valence-corrected chi connectivity index (χ2v) is 12.6. The third-order valence-corrected chi connectivity index (χ3v) is 11.5. The molecule has 0 aromatic heterocycles. The summed E-state index contributed by atoms with van der Waals surface area (Å²) >= 11 is 0. The van der Waals surface area contributed by atoms with Gasteiger partial charge in [0, 0.05) is 19.5 Å². The highest BCUT2D eigenvalue weighted by Crippen LogP contribution is 2.68. The number of hydrogen-bond donors (Lipinski definition) is 0. The fourth-order valence-corrected chi connectivity index (χ4v) is 9.61. The molecular formula is C27H42F3NO. The minimum atomic E-state index is -4.01. The summed E-state index contributed by atoms with van der Waals surface area (Å²) in [5.74, 6) is 2.42. The Labute approximate surface area is 192 Å². The van der Waals surface area contributed by atoms with Crippen molar-refractivity contribution in [1.82, 2.24) is 4.90 Å². The third-order valence-electron chi connectivity index (χ3n) is 11.5. The molecule has 0 aromatic carbocycles. The van der Waals surface area contributed by atoms with Crippen LogP contribution in [0.25, 0.3) is 0 Å². The Balaban J connectivity index is 1.23. The molecule has 5 rings (SSSR count). The summed E-state index contributed by atoms with van der Waals surface area (Å²) in [6, 6.07) is 0. The molecule has 32 heavy (non-hydrogen) atoms. The van der Waals surface area contributed by atoms with E-state index in [1.54, 1.807) is 0 Å². The van der Waals surface area contributed by atoms with Crippen LogP contribution in [0, 0.1) is 46.3 Å². The molecule has 1 amide bonds. The summed E-state index contributed by atoms with van der Waals surface area (Å²) in [4.78, 5) is 14.0. The number of alkyl halides is 3. The molecule has 2 nitrogen and oxygen atoms in total. The van der Waals surface area contributed by atoms with Gasteiger partial charge in [0.1, 0.15) is 0 Å². The number of amides is 1. The molecule has 5 fully saturated rings. The lowest BCUT2D eigenvalue weighted by Crippen LogP contribution is -2.54. The van der Waals surface area contributed by atoms with Crippen molar-refractivity contribution in [3.8, 4) is 0 Å². The normalized spacial score (nSPS) is 46.7. The summed E-state index contributed by atoms with van der Waals surface area (Å²) in [7, 11) is 0. The van der Waals surface area contributed by atoms with E-state index in [0.717, 1.165) is 69.4 Å². The molecule has 0 radical (unpaired) electrons. The van der Waals surface area contributed by atoms with Gasteiger partial charge in [0.15, 0.2) is 0 Å². The minimum absolute atomic E-state index is 0.125. The Hall–Kier alpha value is -0.740. The van der Waals surface area contributed by atoms with Gasteiger partial charge in [-0.05, 0) is 117 Å². The highest BCUT2D eigenvalue weighted by atomic mass is 19.4. The van der Waals surface area contributed by atoms with Crippen LogP contribution in [0.4, 0.5) is 13.2 Å². The number of carbonyl (C=O) groups is 1. The monoisotopic (exact) mass is 453 g/mol. The maximum Gasteiger partial charge on any atom is 0.391 e. The second-order valence-electron chi connectivity index (χ2n) is 12.6. The fourth-order valence-electron chi connectivity index (χ4n) is 9.61. The Morgan fingerprint density at radius 3 is 2.44 bits per heavy atom. The standard InChI is InChI=1S/C27H42F3NO/c1-25-14-12-23-21(9-7-19-17-20(27(28,29)30)11-13-26(19,23)2)22(25)10-8-18(25)5-3-15-31-16-4-6-24(31)32/h18-23H,3-17H2,1-2H3. The van der Waals surface area contributed by atoms with E-state index in [4.69, 9.17) is 0 Å². The molecule has 4 aliphatic carbocycles. The topological polar surface area (TPSA) is 20.3 Å². The smallest absolute Gasteiger partial charge is 0.343 e. The van der Waals surface area contributed by atoms with E-state index in [2.05, 4.69) is 18.7 Å². The number of rotatable bonds is 4. The molecule has 1 aliphatic heterocycles. The summed E-state index contributed by atoms with van der Waals surface area (Å²) < 4.78 is 40.3. The highest BCUT2D eigenvalue weighted by molar-refractivity contribution is 5.77. The quantitative estimate of drug-likeness (QED) is 0.440.